The second kappa shape index (κ2) is 8.44. The molecule has 1 unspecified atom stereocenters. The lowest BCUT2D eigenvalue weighted by molar-refractivity contribution is 0.0586. The molecule has 4 heteroatoms. The van der Waals surface area contributed by atoms with Gasteiger partial charge in [-0.25, -0.2) is 0 Å². The molecule has 116 valence electrons. The van der Waals surface area contributed by atoms with Gasteiger partial charge in [0, 0.05) is 12.6 Å². The summed E-state index contributed by atoms with van der Waals surface area (Å²) in [5, 5.41) is 18.9. The van der Waals surface area contributed by atoms with Crippen molar-refractivity contribution in [2.24, 2.45) is 0 Å². The minimum absolute atomic E-state index is 0.222. The Hall–Kier alpha value is -2.01. The highest BCUT2D eigenvalue weighted by Crippen LogP contribution is 2.23. The van der Waals surface area contributed by atoms with E-state index in [4.69, 9.17) is 16.4 Å². The number of aliphatic hydroxyl groups is 1. The van der Waals surface area contributed by atoms with Crippen LogP contribution < -0.4 is 4.74 Å². The number of rotatable bonds is 7. The van der Waals surface area contributed by atoms with Gasteiger partial charge in [0.15, 0.2) is 0 Å². The Labute approximate surface area is 132 Å². The summed E-state index contributed by atoms with van der Waals surface area (Å²) >= 11 is 0. The van der Waals surface area contributed by atoms with E-state index in [1.165, 1.54) is 12.8 Å². The van der Waals surface area contributed by atoms with Crippen LogP contribution in [0, 0.1) is 23.7 Å². The summed E-state index contributed by atoms with van der Waals surface area (Å²) in [7, 11) is 0. The monoisotopic (exact) mass is 298 g/mol. The van der Waals surface area contributed by atoms with Gasteiger partial charge in [0.2, 0.25) is 0 Å². The number of terminal acetylenes is 1. The van der Waals surface area contributed by atoms with Gasteiger partial charge in [-0.05, 0) is 37.1 Å². The minimum Gasteiger partial charge on any atom is -0.491 e. The molecule has 0 radical (unpaired) electrons. The summed E-state index contributed by atoms with van der Waals surface area (Å²) in [5.41, 5.74) is 0.592. The molecule has 22 heavy (non-hydrogen) atoms. The number of hydrogen-bond acceptors (Lipinski definition) is 4. The Morgan fingerprint density at radius 3 is 2.59 bits per heavy atom. The van der Waals surface area contributed by atoms with Gasteiger partial charge in [-0.1, -0.05) is 18.8 Å². The summed E-state index contributed by atoms with van der Waals surface area (Å²) < 4.78 is 5.57. The Bertz CT molecular complexity index is 536. The number of aliphatic hydroxyl groups excluding tert-OH is 1. The molecule has 1 aliphatic rings. The van der Waals surface area contributed by atoms with Crippen molar-refractivity contribution in [3.63, 3.8) is 0 Å². The molecule has 1 atom stereocenters. The minimum atomic E-state index is -0.579. The first-order valence-corrected chi connectivity index (χ1v) is 7.71. The van der Waals surface area contributed by atoms with Crippen LogP contribution in [-0.4, -0.2) is 41.8 Å². The number of hydrogen-bond donors (Lipinski definition) is 1. The predicted octanol–water partition coefficient (Wildman–Crippen LogP) is 2.18. The van der Waals surface area contributed by atoms with E-state index < -0.39 is 6.10 Å². The second-order valence-corrected chi connectivity index (χ2v) is 5.67. The lowest BCUT2D eigenvalue weighted by atomic mass is 10.2. The van der Waals surface area contributed by atoms with Crippen LogP contribution in [0.25, 0.3) is 0 Å². The first-order valence-electron chi connectivity index (χ1n) is 7.71. The quantitative estimate of drug-likeness (QED) is 0.784. The topological polar surface area (TPSA) is 56.5 Å². The van der Waals surface area contributed by atoms with E-state index in [9.17, 15) is 5.11 Å². The molecular formula is C18H22N2O2. The third-order valence-corrected chi connectivity index (χ3v) is 4.01. The fourth-order valence-corrected chi connectivity index (χ4v) is 2.87. The molecule has 1 saturated carbocycles. The van der Waals surface area contributed by atoms with Crippen LogP contribution in [0.2, 0.25) is 0 Å². The van der Waals surface area contributed by atoms with E-state index in [1.807, 2.05) is 0 Å². The Balaban J connectivity index is 1.81. The Morgan fingerprint density at radius 2 is 2.00 bits per heavy atom. The fourth-order valence-electron chi connectivity index (χ4n) is 2.87. The molecule has 1 N–H and O–H groups in total. The highest BCUT2D eigenvalue weighted by Gasteiger charge is 2.23. The lowest BCUT2D eigenvalue weighted by Gasteiger charge is -2.28. The maximum Gasteiger partial charge on any atom is 0.119 e. The smallest absolute Gasteiger partial charge is 0.119 e. The molecule has 0 saturated heterocycles. The van der Waals surface area contributed by atoms with Crippen molar-refractivity contribution in [2.45, 2.75) is 37.8 Å². The highest BCUT2D eigenvalue weighted by atomic mass is 16.5. The van der Waals surface area contributed by atoms with Crippen LogP contribution >= 0.6 is 0 Å². The molecule has 0 aliphatic heterocycles. The summed E-state index contributed by atoms with van der Waals surface area (Å²) in [5.74, 6) is 3.33. The summed E-state index contributed by atoms with van der Waals surface area (Å²) in [6, 6.07) is 9.42. The van der Waals surface area contributed by atoms with Crippen LogP contribution in [-0.2, 0) is 0 Å². The molecular weight excluding hydrogens is 276 g/mol. The van der Waals surface area contributed by atoms with Crippen LogP contribution in [0.5, 0.6) is 5.75 Å². The molecule has 4 nitrogen and oxygen atoms in total. The van der Waals surface area contributed by atoms with Crippen LogP contribution in [0.1, 0.15) is 31.2 Å². The van der Waals surface area contributed by atoms with Gasteiger partial charge in [-0.15, -0.1) is 6.42 Å². The van der Waals surface area contributed by atoms with Crippen molar-refractivity contribution in [1.82, 2.24) is 4.90 Å². The van der Waals surface area contributed by atoms with Gasteiger partial charge >= 0.3 is 0 Å². The standard InChI is InChI=1S/C18H22N2O2/c1-2-11-20(16-5-3-4-6-16)13-17(21)14-22-18-9-7-15(12-19)8-10-18/h1,7-10,16-17,21H,3-6,11,13-14H2. The maximum absolute atomic E-state index is 10.2. The van der Waals surface area contributed by atoms with Crippen LogP contribution in [0.15, 0.2) is 24.3 Å². The van der Waals surface area contributed by atoms with Gasteiger partial charge in [0.25, 0.3) is 0 Å². The lowest BCUT2D eigenvalue weighted by Crippen LogP contribution is -2.41. The van der Waals surface area contributed by atoms with E-state index >= 15 is 0 Å². The number of nitriles is 1. The molecule has 1 aromatic carbocycles. The highest BCUT2D eigenvalue weighted by molar-refractivity contribution is 5.34. The van der Waals surface area contributed by atoms with Crippen LogP contribution in [0.4, 0.5) is 0 Å². The zero-order valence-corrected chi connectivity index (χ0v) is 12.7. The molecule has 0 amide bonds. The number of ether oxygens (including phenoxy) is 1. The van der Waals surface area contributed by atoms with Gasteiger partial charge in [-0.3, -0.25) is 4.90 Å². The van der Waals surface area contributed by atoms with Crippen molar-refractivity contribution in [2.75, 3.05) is 19.7 Å². The number of benzene rings is 1. The number of nitrogens with zero attached hydrogens (tertiary/aromatic N) is 2. The van der Waals surface area contributed by atoms with Crippen molar-refractivity contribution in [1.29, 1.82) is 5.26 Å². The average Bonchev–Trinajstić information content (AvgIpc) is 3.07. The van der Waals surface area contributed by atoms with Gasteiger partial charge in [-0.2, -0.15) is 5.26 Å². The molecule has 1 aromatic rings. The second-order valence-electron chi connectivity index (χ2n) is 5.67. The predicted molar refractivity (Wildman–Crippen MR) is 85.3 cm³/mol. The van der Waals surface area contributed by atoms with E-state index in [-0.39, 0.29) is 6.61 Å². The average molecular weight is 298 g/mol. The molecule has 0 spiro atoms. The molecule has 0 heterocycles. The first-order chi connectivity index (χ1) is 10.7. The van der Waals surface area contributed by atoms with Gasteiger partial charge < -0.3 is 9.84 Å². The van der Waals surface area contributed by atoms with Gasteiger partial charge in [0.05, 0.1) is 18.2 Å². The van der Waals surface area contributed by atoms with E-state index in [2.05, 4.69) is 16.9 Å². The maximum atomic E-state index is 10.2. The third-order valence-electron chi connectivity index (χ3n) is 4.01. The van der Waals surface area contributed by atoms with E-state index in [1.54, 1.807) is 24.3 Å². The Kier molecular flexibility index (Phi) is 6.27. The van der Waals surface area contributed by atoms with E-state index in [0.29, 0.717) is 30.4 Å². The summed E-state index contributed by atoms with van der Waals surface area (Å²) in [6.07, 6.45) is 9.65. The molecule has 1 fully saturated rings. The zero-order valence-electron chi connectivity index (χ0n) is 12.7. The van der Waals surface area contributed by atoms with Gasteiger partial charge in [0.1, 0.15) is 18.5 Å². The molecule has 1 aliphatic carbocycles. The molecule has 0 bridgehead atoms. The fraction of sp³-hybridized carbons (Fsp3) is 0.500. The third kappa shape index (κ3) is 4.77. The normalized spacial score (nSPS) is 16.2. The van der Waals surface area contributed by atoms with Crippen LogP contribution in [0.3, 0.4) is 0 Å². The van der Waals surface area contributed by atoms with Crippen molar-refractivity contribution >= 4 is 0 Å². The SMILES string of the molecule is C#CCN(CC(O)COc1ccc(C#N)cc1)C1CCCC1. The van der Waals surface area contributed by atoms with E-state index in [0.717, 1.165) is 12.8 Å². The largest absolute Gasteiger partial charge is 0.491 e. The first kappa shape index (κ1) is 16.4. The zero-order chi connectivity index (χ0) is 15.8. The van der Waals surface area contributed by atoms with Crippen molar-refractivity contribution in [3.05, 3.63) is 29.8 Å². The van der Waals surface area contributed by atoms with Crippen molar-refractivity contribution < 1.29 is 9.84 Å². The summed E-state index contributed by atoms with van der Waals surface area (Å²) in [6.45, 7) is 1.32. The van der Waals surface area contributed by atoms with Crippen molar-refractivity contribution in [3.8, 4) is 24.2 Å². The summed E-state index contributed by atoms with van der Waals surface area (Å²) in [4.78, 5) is 2.18. The Morgan fingerprint density at radius 1 is 1.32 bits per heavy atom. The molecule has 0 aromatic heterocycles. The molecule has 2 rings (SSSR count).